The number of nitrogens with two attached hydrogens (primary N) is 1. The van der Waals surface area contributed by atoms with Crippen LogP contribution in [-0.4, -0.2) is 31.4 Å². The number of hydrogen-bond acceptors (Lipinski definition) is 7. The van der Waals surface area contributed by atoms with E-state index in [1.54, 1.807) is 6.20 Å². The van der Waals surface area contributed by atoms with Crippen LogP contribution in [0.15, 0.2) is 42.6 Å². The molecule has 0 aliphatic rings. The molecule has 7 nitrogen and oxygen atoms in total. The van der Waals surface area contributed by atoms with Gasteiger partial charge in [-0.1, -0.05) is 23.5 Å². The van der Waals surface area contributed by atoms with Crippen LogP contribution in [-0.2, 0) is 4.74 Å². The van der Waals surface area contributed by atoms with Crippen molar-refractivity contribution in [1.82, 2.24) is 19.7 Å². The summed E-state index contributed by atoms with van der Waals surface area (Å²) in [5, 5.41) is 5.88. The highest BCUT2D eigenvalue weighted by Gasteiger charge is 2.22. The Balaban J connectivity index is 1.84. The molecule has 0 aliphatic carbocycles. The first kappa shape index (κ1) is 20.7. The molecular weight excluding hydrogens is 410 g/mol. The number of carbonyl (C=O) groups is 1. The number of fused-ring (bicyclic) bond motifs is 1. The number of carbonyl (C=O) groups excluding carboxylic acids is 1. The van der Waals surface area contributed by atoms with E-state index in [9.17, 15) is 4.79 Å². The van der Waals surface area contributed by atoms with Gasteiger partial charge >= 0.3 is 6.09 Å². The molecule has 158 valence electrons. The Hall–Kier alpha value is -3.52. The average Bonchev–Trinajstić information content (AvgIpc) is 3.24. The molecule has 31 heavy (non-hydrogen) atoms. The van der Waals surface area contributed by atoms with Gasteiger partial charge in [-0.3, -0.25) is 4.98 Å². The van der Waals surface area contributed by atoms with Gasteiger partial charge in [0.2, 0.25) is 0 Å². The van der Waals surface area contributed by atoms with Crippen LogP contribution in [0.5, 0.6) is 0 Å². The summed E-state index contributed by atoms with van der Waals surface area (Å²) in [5.41, 5.74) is 9.11. The zero-order valence-corrected chi connectivity index (χ0v) is 18.6. The average molecular weight is 434 g/mol. The maximum atomic E-state index is 12.9. The highest BCUT2D eigenvalue weighted by atomic mass is 32.1. The molecule has 0 amide bonds. The van der Waals surface area contributed by atoms with Crippen LogP contribution >= 0.6 is 11.3 Å². The quantitative estimate of drug-likeness (QED) is 0.465. The van der Waals surface area contributed by atoms with Crippen molar-refractivity contribution >= 4 is 45.6 Å². The van der Waals surface area contributed by atoms with Gasteiger partial charge in [-0.05, 0) is 69.7 Å². The van der Waals surface area contributed by atoms with E-state index in [2.05, 4.69) is 15.1 Å². The molecule has 1 aromatic carbocycles. The molecule has 0 radical (unpaired) electrons. The smallest absolute Gasteiger partial charge is 0.435 e. The van der Waals surface area contributed by atoms with E-state index < -0.39 is 11.7 Å². The second-order valence-corrected chi connectivity index (χ2v) is 9.09. The molecular formula is C23H23N5O2S. The third kappa shape index (κ3) is 4.49. The Labute approximate surface area is 184 Å². The fourth-order valence-corrected chi connectivity index (χ4v) is 4.00. The van der Waals surface area contributed by atoms with Crippen molar-refractivity contribution in [2.45, 2.75) is 33.3 Å². The fraction of sp³-hybridized carbons (Fsp3) is 0.217. The van der Waals surface area contributed by atoms with Crippen molar-refractivity contribution in [3.05, 3.63) is 59.7 Å². The number of anilines is 1. The predicted molar refractivity (Wildman–Crippen MR) is 125 cm³/mol. The summed E-state index contributed by atoms with van der Waals surface area (Å²) in [6, 6.07) is 11.5. The van der Waals surface area contributed by atoms with E-state index in [0.717, 1.165) is 27.2 Å². The monoisotopic (exact) mass is 433 g/mol. The third-order valence-corrected chi connectivity index (χ3v) is 5.49. The molecule has 8 heteroatoms. The molecule has 0 saturated carbocycles. The van der Waals surface area contributed by atoms with Crippen molar-refractivity contribution in [2.75, 3.05) is 5.73 Å². The van der Waals surface area contributed by atoms with Crippen molar-refractivity contribution in [3.8, 4) is 10.4 Å². The van der Waals surface area contributed by atoms with Crippen LogP contribution in [0.4, 0.5) is 9.93 Å². The van der Waals surface area contributed by atoms with E-state index in [0.29, 0.717) is 16.3 Å². The highest BCUT2D eigenvalue weighted by Crippen LogP contribution is 2.34. The van der Waals surface area contributed by atoms with Gasteiger partial charge in [0.25, 0.3) is 0 Å². The first-order valence-electron chi connectivity index (χ1n) is 9.80. The van der Waals surface area contributed by atoms with Crippen LogP contribution in [0.1, 0.15) is 37.9 Å². The Morgan fingerprint density at radius 1 is 1.19 bits per heavy atom. The minimum Gasteiger partial charge on any atom is -0.442 e. The van der Waals surface area contributed by atoms with E-state index in [1.165, 1.54) is 16.0 Å². The Morgan fingerprint density at radius 2 is 2.00 bits per heavy atom. The Kier molecular flexibility index (Phi) is 5.32. The van der Waals surface area contributed by atoms with Gasteiger partial charge in [-0.15, -0.1) is 0 Å². The minimum absolute atomic E-state index is 0.507. The SMILES string of the molecule is Cc1nc(N)sc1-c1ccc2c(/C=C/c3ccccn3)nn(C(=O)OC(C)(C)C)c2c1. The molecule has 0 aliphatic heterocycles. The molecule has 0 unspecified atom stereocenters. The van der Waals surface area contributed by atoms with Crippen molar-refractivity contribution in [3.63, 3.8) is 0 Å². The largest absolute Gasteiger partial charge is 0.442 e. The summed E-state index contributed by atoms with van der Waals surface area (Å²) in [5.74, 6) is 0. The number of benzene rings is 1. The summed E-state index contributed by atoms with van der Waals surface area (Å²) in [6.45, 7) is 7.40. The molecule has 0 atom stereocenters. The van der Waals surface area contributed by atoms with Crippen LogP contribution in [0.25, 0.3) is 33.5 Å². The number of aromatic nitrogens is 4. The Morgan fingerprint density at radius 3 is 2.65 bits per heavy atom. The first-order chi connectivity index (χ1) is 14.7. The minimum atomic E-state index is -0.639. The normalized spacial score (nSPS) is 12.0. The maximum absolute atomic E-state index is 12.9. The zero-order chi connectivity index (χ0) is 22.2. The maximum Gasteiger partial charge on any atom is 0.435 e. The lowest BCUT2D eigenvalue weighted by atomic mass is 10.1. The molecule has 3 aromatic heterocycles. The second kappa shape index (κ2) is 7.96. The second-order valence-electron chi connectivity index (χ2n) is 8.06. The van der Waals surface area contributed by atoms with E-state index >= 15 is 0 Å². The molecule has 0 bridgehead atoms. The standard InChI is InChI=1S/C23H23N5O2S/c1-14-20(31-21(24)26-14)15-8-10-17-18(11-9-16-7-5-6-12-25-16)27-28(19(17)13-15)22(29)30-23(2,3)4/h5-13H,1-4H3,(H2,24,26)/b11-9+. The number of nitrogen functional groups attached to an aromatic ring is 1. The van der Waals surface area contributed by atoms with Crippen LogP contribution in [0, 0.1) is 6.92 Å². The molecule has 3 heterocycles. The summed E-state index contributed by atoms with van der Waals surface area (Å²) >= 11 is 1.41. The van der Waals surface area contributed by atoms with E-state index in [1.807, 2.05) is 76.2 Å². The van der Waals surface area contributed by atoms with Crippen LogP contribution < -0.4 is 5.73 Å². The van der Waals surface area contributed by atoms with E-state index in [4.69, 9.17) is 10.5 Å². The van der Waals surface area contributed by atoms with Gasteiger partial charge in [0.05, 0.1) is 27.5 Å². The molecule has 0 fully saturated rings. The van der Waals surface area contributed by atoms with Gasteiger partial charge in [-0.2, -0.15) is 9.78 Å². The molecule has 4 aromatic rings. The Bertz CT molecular complexity index is 1280. The number of pyridine rings is 1. The van der Waals surface area contributed by atoms with E-state index in [-0.39, 0.29) is 0 Å². The molecule has 4 rings (SSSR count). The summed E-state index contributed by atoms with van der Waals surface area (Å²) in [7, 11) is 0. The van der Waals surface area contributed by atoms with Crippen LogP contribution in [0.2, 0.25) is 0 Å². The van der Waals surface area contributed by atoms with Gasteiger partial charge in [-0.25, -0.2) is 9.78 Å². The predicted octanol–water partition coefficient (Wildman–Crippen LogP) is 5.40. The summed E-state index contributed by atoms with van der Waals surface area (Å²) in [6.07, 6.45) is 4.91. The zero-order valence-electron chi connectivity index (χ0n) is 17.8. The van der Waals surface area contributed by atoms with Crippen LogP contribution in [0.3, 0.4) is 0 Å². The topological polar surface area (TPSA) is 95.9 Å². The number of ether oxygens (including phenoxy) is 1. The molecule has 0 saturated heterocycles. The van der Waals surface area contributed by atoms with Gasteiger partial charge in [0, 0.05) is 11.6 Å². The van der Waals surface area contributed by atoms with Crippen molar-refractivity contribution in [2.24, 2.45) is 0 Å². The molecule has 2 N–H and O–H groups in total. The number of aryl methyl sites for hydroxylation is 1. The third-order valence-electron chi connectivity index (χ3n) is 4.45. The summed E-state index contributed by atoms with van der Waals surface area (Å²) in [4.78, 5) is 22.5. The lowest BCUT2D eigenvalue weighted by molar-refractivity contribution is 0.0522. The number of hydrogen-bond donors (Lipinski definition) is 1. The fourth-order valence-electron chi connectivity index (χ4n) is 3.17. The van der Waals surface area contributed by atoms with Gasteiger partial charge < -0.3 is 10.5 Å². The number of rotatable bonds is 3. The van der Waals surface area contributed by atoms with Gasteiger partial charge in [0.1, 0.15) is 5.60 Å². The summed E-state index contributed by atoms with van der Waals surface area (Å²) < 4.78 is 6.88. The highest BCUT2D eigenvalue weighted by molar-refractivity contribution is 7.18. The lowest BCUT2D eigenvalue weighted by Gasteiger charge is -2.19. The number of thiazole rings is 1. The molecule has 0 spiro atoms. The number of nitrogens with zero attached hydrogens (tertiary/aromatic N) is 4. The lowest BCUT2D eigenvalue weighted by Crippen LogP contribution is -2.27. The van der Waals surface area contributed by atoms with Gasteiger partial charge in [0.15, 0.2) is 5.13 Å². The van der Waals surface area contributed by atoms with Crippen molar-refractivity contribution in [1.29, 1.82) is 0 Å². The van der Waals surface area contributed by atoms with Crippen molar-refractivity contribution < 1.29 is 9.53 Å². The first-order valence-corrected chi connectivity index (χ1v) is 10.6.